The second kappa shape index (κ2) is 7.45. The van der Waals surface area contributed by atoms with Crippen molar-refractivity contribution in [3.63, 3.8) is 0 Å². The first kappa shape index (κ1) is 18.7. The van der Waals surface area contributed by atoms with E-state index in [2.05, 4.69) is 58.4 Å². The molecule has 0 saturated carbocycles. The third-order valence-electron chi connectivity index (χ3n) is 2.89. The van der Waals surface area contributed by atoms with Gasteiger partial charge in [-0.25, -0.2) is 0 Å². The zero-order valence-electron chi connectivity index (χ0n) is 9.13. The van der Waals surface area contributed by atoms with E-state index in [1.807, 2.05) is 0 Å². The maximum Gasteiger partial charge on any atom is -1.00 e. The Morgan fingerprint density at radius 1 is 0.833 bits per heavy atom. The van der Waals surface area contributed by atoms with Crippen molar-refractivity contribution in [2.24, 2.45) is 0 Å². The molecule has 92 valence electrons. The first-order valence-electron chi connectivity index (χ1n) is 4.87. The van der Waals surface area contributed by atoms with Crippen molar-refractivity contribution in [1.29, 1.82) is 0 Å². The van der Waals surface area contributed by atoms with Crippen molar-refractivity contribution in [3.8, 4) is 11.1 Å². The van der Waals surface area contributed by atoms with E-state index in [9.17, 15) is 0 Å². The number of rotatable bonds is 0. The molecule has 0 N–H and O–H groups in total. The zero-order valence-corrected chi connectivity index (χ0v) is 15.4. The second-order valence-electron chi connectivity index (χ2n) is 3.75. The van der Waals surface area contributed by atoms with E-state index in [-0.39, 0.29) is 37.2 Å². The summed E-state index contributed by atoms with van der Waals surface area (Å²) in [4.78, 5) is 0. The van der Waals surface area contributed by atoms with Crippen LogP contribution in [-0.2, 0) is 24.7 Å². The van der Waals surface area contributed by atoms with Crippen LogP contribution in [-0.4, -0.2) is 0 Å². The van der Waals surface area contributed by atoms with Crippen LogP contribution < -0.4 is 37.2 Å². The van der Waals surface area contributed by atoms with Gasteiger partial charge in [-0.2, -0.15) is 0 Å². The Balaban J connectivity index is 0.000000963. The minimum atomic E-state index is 0. The molecule has 0 amide bonds. The topological polar surface area (TPSA) is 0 Å². The van der Waals surface area contributed by atoms with Gasteiger partial charge in [-0.1, -0.05) is 0 Å². The van der Waals surface area contributed by atoms with Crippen LogP contribution in [0.15, 0.2) is 46.9 Å². The number of halogens is 4. The molecule has 1 aliphatic rings. The van der Waals surface area contributed by atoms with Gasteiger partial charge in [0.25, 0.3) is 0 Å². The Morgan fingerprint density at radius 3 is 2.17 bits per heavy atom. The van der Waals surface area contributed by atoms with Crippen LogP contribution in [0.2, 0.25) is 0 Å². The summed E-state index contributed by atoms with van der Waals surface area (Å²) in [5.41, 5.74) is 5.80. The smallest absolute Gasteiger partial charge is 1.00 e. The minimum absolute atomic E-state index is 0. The van der Waals surface area contributed by atoms with Crippen LogP contribution in [0, 0.1) is 0 Å². The first-order valence-corrected chi connectivity index (χ1v) is 7.08. The SMILES string of the molecule is Brc1ccc2c(c1)[CH]([Zr+3])c1ccccc1-2.[Cl-].[Cl-].[Cl-]. The molecule has 0 nitrogen and oxygen atoms in total. The van der Waals surface area contributed by atoms with Gasteiger partial charge in [-0.05, 0) is 0 Å². The molecule has 0 saturated heterocycles. The molecule has 5 heteroatoms. The summed E-state index contributed by atoms with van der Waals surface area (Å²) in [6, 6.07) is 15.4. The average molecular weight is 442 g/mol. The van der Waals surface area contributed by atoms with Crippen molar-refractivity contribution < 1.29 is 61.9 Å². The maximum atomic E-state index is 3.55. The molecule has 0 spiro atoms. The second-order valence-corrected chi connectivity index (χ2v) is 6.09. The fourth-order valence-electron chi connectivity index (χ4n) is 2.18. The van der Waals surface area contributed by atoms with Gasteiger partial charge < -0.3 is 37.2 Å². The van der Waals surface area contributed by atoms with Gasteiger partial charge in [-0.3, -0.25) is 0 Å². The summed E-state index contributed by atoms with van der Waals surface area (Å²) >= 11 is 5.11. The third kappa shape index (κ3) is 3.05. The number of benzene rings is 2. The molecule has 0 bridgehead atoms. The molecule has 0 fully saturated rings. The summed E-state index contributed by atoms with van der Waals surface area (Å²) in [6.45, 7) is 0. The fourth-order valence-corrected chi connectivity index (χ4v) is 3.76. The van der Waals surface area contributed by atoms with E-state index >= 15 is 0 Å². The van der Waals surface area contributed by atoms with Crippen LogP contribution in [0.25, 0.3) is 11.1 Å². The van der Waals surface area contributed by atoms with Crippen molar-refractivity contribution in [1.82, 2.24) is 0 Å². The third-order valence-corrected chi connectivity index (χ3v) is 4.91. The summed E-state index contributed by atoms with van der Waals surface area (Å²) < 4.78 is 1.79. The minimum Gasteiger partial charge on any atom is -1.00 e. The molecule has 1 unspecified atom stereocenters. The molecular formula is C13H8BrCl3Zr. The number of hydrogen-bond donors (Lipinski definition) is 0. The molecule has 1 aliphatic carbocycles. The summed E-state index contributed by atoms with van der Waals surface area (Å²) in [5, 5.41) is 0. The van der Waals surface area contributed by atoms with Crippen LogP contribution in [0.1, 0.15) is 14.8 Å². The molecule has 0 aliphatic heterocycles. The largest absolute Gasteiger partial charge is 1.00 e. The average Bonchev–Trinajstić information content (AvgIpc) is 2.54. The fraction of sp³-hybridized carbons (Fsp3) is 0.0769. The van der Waals surface area contributed by atoms with Gasteiger partial charge in [0.1, 0.15) is 0 Å². The normalized spacial score (nSPS) is 14.5. The van der Waals surface area contributed by atoms with Crippen molar-refractivity contribution in [2.75, 3.05) is 0 Å². The predicted octanol–water partition coefficient (Wildman–Crippen LogP) is -4.92. The molecule has 2 aromatic rings. The van der Waals surface area contributed by atoms with Gasteiger partial charge in [0.2, 0.25) is 0 Å². The maximum absolute atomic E-state index is 3.55. The Morgan fingerprint density at radius 2 is 1.44 bits per heavy atom. The molecular weight excluding hydrogens is 434 g/mol. The Bertz CT molecular complexity index is 546. The first-order chi connectivity index (χ1) is 7.27. The molecule has 0 heterocycles. The Kier molecular flexibility index (Phi) is 7.73. The molecule has 18 heavy (non-hydrogen) atoms. The predicted molar refractivity (Wildman–Crippen MR) is 61.4 cm³/mol. The molecule has 1 atom stereocenters. The van der Waals surface area contributed by atoms with Crippen LogP contribution in [0.3, 0.4) is 0 Å². The molecule has 0 aromatic heterocycles. The van der Waals surface area contributed by atoms with E-state index in [1.54, 1.807) is 24.7 Å². The van der Waals surface area contributed by atoms with Gasteiger partial charge in [0.05, 0.1) is 0 Å². The van der Waals surface area contributed by atoms with Crippen LogP contribution >= 0.6 is 15.9 Å². The van der Waals surface area contributed by atoms with Gasteiger partial charge >= 0.3 is 113 Å². The Labute approximate surface area is 149 Å². The van der Waals surface area contributed by atoms with Crippen molar-refractivity contribution >= 4 is 15.9 Å². The van der Waals surface area contributed by atoms with Gasteiger partial charge in [0, 0.05) is 0 Å². The van der Waals surface area contributed by atoms with Crippen LogP contribution in [0.4, 0.5) is 0 Å². The summed E-state index contributed by atoms with van der Waals surface area (Å²) in [5.74, 6) is 0. The van der Waals surface area contributed by atoms with Crippen LogP contribution in [0.5, 0.6) is 0 Å². The quantitative estimate of drug-likeness (QED) is 0.385. The zero-order chi connectivity index (χ0) is 10.4. The van der Waals surface area contributed by atoms with E-state index in [4.69, 9.17) is 0 Å². The standard InChI is InChI=1S/C13H8Br.3ClH.Zr/c14-11-5-6-13-10(8-11)7-9-3-1-2-4-12(9)13;;;;/h1-8H;3*1H;/q;;;;+3/p-3. The number of hydrogen-bond acceptors (Lipinski definition) is 0. The van der Waals surface area contributed by atoms with Crippen molar-refractivity contribution in [2.45, 2.75) is 3.63 Å². The molecule has 2 aromatic carbocycles. The van der Waals surface area contributed by atoms with E-state index in [1.165, 1.54) is 26.7 Å². The Hall–Kier alpha value is 0.673. The number of fused-ring (bicyclic) bond motifs is 3. The van der Waals surface area contributed by atoms with Gasteiger partial charge in [-0.15, -0.1) is 0 Å². The van der Waals surface area contributed by atoms with E-state index < -0.39 is 0 Å². The van der Waals surface area contributed by atoms with E-state index in [0.717, 1.165) is 0 Å². The van der Waals surface area contributed by atoms with Gasteiger partial charge in [0.15, 0.2) is 0 Å². The molecule has 3 rings (SSSR count). The molecule has 0 radical (unpaired) electrons. The van der Waals surface area contributed by atoms with E-state index in [0.29, 0.717) is 3.63 Å². The van der Waals surface area contributed by atoms with Crippen molar-refractivity contribution in [3.05, 3.63) is 58.1 Å². The summed E-state index contributed by atoms with van der Waals surface area (Å²) in [7, 11) is 0. The monoisotopic (exact) mass is 438 g/mol. The summed E-state index contributed by atoms with van der Waals surface area (Å²) in [6.07, 6.45) is 0.